The summed E-state index contributed by atoms with van der Waals surface area (Å²) in [5.41, 5.74) is 6.13. The second-order valence-corrected chi connectivity index (χ2v) is 6.26. The number of nitrogens with zero attached hydrogens (tertiary/aromatic N) is 2. The summed E-state index contributed by atoms with van der Waals surface area (Å²) in [6, 6.07) is 8.19. The van der Waals surface area contributed by atoms with E-state index in [0.29, 0.717) is 6.42 Å². The van der Waals surface area contributed by atoms with E-state index in [0.717, 1.165) is 38.9 Å². The Bertz CT molecular complexity index is 618. The van der Waals surface area contributed by atoms with Gasteiger partial charge in [-0.1, -0.05) is 28.1 Å². The number of hydrogen-bond acceptors (Lipinski definition) is 5. The van der Waals surface area contributed by atoms with Crippen LogP contribution in [0.4, 0.5) is 5.82 Å². The second-order valence-electron chi connectivity index (χ2n) is 4.36. The van der Waals surface area contributed by atoms with Gasteiger partial charge in [0.2, 0.25) is 0 Å². The van der Waals surface area contributed by atoms with Gasteiger partial charge in [0.15, 0.2) is 0 Å². The summed E-state index contributed by atoms with van der Waals surface area (Å²) in [5, 5.41) is 0. The number of fused-ring (bicyclic) bond motifs is 1. The lowest BCUT2D eigenvalue weighted by Crippen LogP contribution is -2.14. The van der Waals surface area contributed by atoms with Crippen molar-refractivity contribution in [2.24, 2.45) is 5.84 Å². The molecule has 1 aliphatic heterocycles. The minimum absolute atomic E-state index is 0.714. The molecule has 0 unspecified atom stereocenters. The van der Waals surface area contributed by atoms with Crippen molar-refractivity contribution < 1.29 is 0 Å². The first kappa shape index (κ1) is 12.9. The predicted molar refractivity (Wildman–Crippen MR) is 81.8 cm³/mol. The maximum atomic E-state index is 5.55. The van der Waals surface area contributed by atoms with Crippen LogP contribution in [0, 0.1) is 0 Å². The molecule has 6 heteroatoms. The highest BCUT2D eigenvalue weighted by molar-refractivity contribution is 9.10. The molecule has 0 aliphatic carbocycles. The number of anilines is 1. The smallest absolute Gasteiger partial charge is 0.148 e. The van der Waals surface area contributed by atoms with E-state index in [2.05, 4.69) is 43.5 Å². The number of hydrogen-bond donors (Lipinski definition) is 2. The summed E-state index contributed by atoms with van der Waals surface area (Å²) in [6.45, 7) is 0. The average molecular weight is 337 g/mol. The lowest BCUT2D eigenvalue weighted by Gasteiger charge is -2.09. The minimum atomic E-state index is 0.714. The molecule has 1 aromatic heterocycles. The second kappa shape index (κ2) is 5.48. The molecule has 4 nitrogen and oxygen atoms in total. The molecule has 0 saturated heterocycles. The first-order valence-electron chi connectivity index (χ1n) is 5.94. The van der Waals surface area contributed by atoms with Gasteiger partial charge in [0.25, 0.3) is 0 Å². The first-order chi connectivity index (χ1) is 9.26. The zero-order valence-corrected chi connectivity index (χ0v) is 12.6. The molecule has 1 aliphatic rings. The maximum Gasteiger partial charge on any atom is 0.148 e. The number of thioether (sulfide) groups is 1. The van der Waals surface area contributed by atoms with E-state index in [1.807, 2.05) is 23.9 Å². The lowest BCUT2D eigenvalue weighted by molar-refractivity contribution is 0.925. The molecule has 0 amide bonds. The van der Waals surface area contributed by atoms with Gasteiger partial charge >= 0.3 is 0 Å². The molecule has 2 heterocycles. The molecule has 98 valence electrons. The van der Waals surface area contributed by atoms with Crippen LogP contribution in [0.5, 0.6) is 0 Å². The van der Waals surface area contributed by atoms with Crippen LogP contribution >= 0.6 is 27.7 Å². The highest BCUT2D eigenvalue weighted by atomic mass is 79.9. The van der Waals surface area contributed by atoms with Crippen LogP contribution in [0.2, 0.25) is 0 Å². The van der Waals surface area contributed by atoms with Crippen LogP contribution in [-0.4, -0.2) is 9.97 Å². The van der Waals surface area contributed by atoms with Crippen molar-refractivity contribution in [2.75, 3.05) is 5.43 Å². The van der Waals surface area contributed by atoms with Gasteiger partial charge < -0.3 is 5.43 Å². The van der Waals surface area contributed by atoms with Gasteiger partial charge in [0.1, 0.15) is 11.6 Å². The van der Waals surface area contributed by atoms with Crippen LogP contribution in [0.25, 0.3) is 0 Å². The number of aromatic nitrogens is 2. The molecular weight excluding hydrogens is 324 g/mol. The van der Waals surface area contributed by atoms with E-state index in [-0.39, 0.29) is 0 Å². The largest absolute Gasteiger partial charge is 0.308 e. The average Bonchev–Trinajstić information content (AvgIpc) is 2.86. The molecule has 0 spiro atoms. The molecule has 3 N–H and O–H groups in total. The predicted octanol–water partition coefficient (Wildman–Crippen LogP) is 2.86. The van der Waals surface area contributed by atoms with Crippen molar-refractivity contribution in [1.29, 1.82) is 0 Å². The zero-order chi connectivity index (χ0) is 13.2. The van der Waals surface area contributed by atoms with Crippen molar-refractivity contribution in [1.82, 2.24) is 9.97 Å². The number of nitrogens with one attached hydrogen (secondary N) is 1. The normalized spacial score (nSPS) is 13.4. The summed E-state index contributed by atoms with van der Waals surface area (Å²) in [5.74, 6) is 9.01. The van der Waals surface area contributed by atoms with Gasteiger partial charge in [0, 0.05) is 28.0 Å². The van der Waals surface area contributed by atoms with Crippen LogP contribution in [0.1, 0.15) is 22.6 Å². The number of nitrogen functional groups attached to an aromatic ring is 1. The standard InChI is InChI=1S/C13H13BrN4S/c14-9-3-1-2-8(4-9)5-12-16-11-7-19-6-10(11)13(17-12)18-15/h1-4H,5-7,15H2,(H,16,17,18). The summed E-state index contributed by atoms with van der Waals surface area (Å²) >= 11 is 5.32. The number of halogens is 1. The first-order valence-corrected chi connectivity index (χ1v) is 7.88. The number of nitrogens with two attached hydrogens (primary N) is 1. The van der Waals surface area contributed by atoms with E-state index in [4.69, 9.17) is 5.84 Å². The zero-order valence-electron chi connectivity index (χ0n) is 10.2. The van der Waals surface area contributed by atoms with Crippen LogP contribution in [0.3, 0.4) is 0 Å². The Kier molecular flexibility index (Phi) is 3.72. The topological polar surface area (TPSA) is 63.8 Å². The highest BCUT2D eigenvalue weighted by Gasteiger charge is 2.19. The fourth-order valence-electron chi connectivity index (χ4n) is 2.13. The number of hydrazine groups is 1. The van der Waals surface area contributed by atoms with E-state index in [1.54, 1.807) is 0 Å². The van der Waals surface area contributed by atoms with Gasteiger partial charge in [-0.05, 0) is 17.7 Å². The monoisotopic (exact) mass is 336 g/mol. The van der Waals surface area contributed by atoms with Crippen molar-refractivity contribution >= 4 is 33.5 Å². The van der Waals surface area contributed by atoms with Crippen molar-refractivity contribution in [3.05, 3.63) is 51.4 Å². The molecule has 2 aromatic rings. The van der Waals surface area contributed by atoms with Crippen LogP contribution in [0.15, 0.2) is 28.7 Å². The highest BCUT2D eigenvalue weighted by Crippen LogP contribution is 2.32. The molecule has 0 bridgehead atoms. The Morgan fingerprint density at radius 3 is 3.00 bits per heavy atom. The molecule has 0 fully saturated rings. The fraction of sp³-hybridized carbons (Fsp3) is 0.231. The van der Waals surface area contributed by atoms with Gasteiger partial charge in [-0.15, -0.1) is 0 Å². The Balaban J connectivity index is 1.93. The lowest BCUT2D eigenvalue weighted by atomic mass is 10.1. The molecule has 0 atom stereocenters. The maximum absolute atomic E-state index is 5.55. The van der Waals surface area contributed by atoms with E-state index >= 15 is 0 Å². The van der Waals surface area contributed by atoms with Gasteiger partial charge in [0.05, 0.1) is 5.69 Å². The third-order valence-electron chi connectivity index (χ3n) is 3.01. The Labute approximate surface area is 124 Å². The fourth-order valence-corrected chi connectivity index (χ4v) is 3.62. The quantitative estimate of drug-likeness (QED) is 0.666. The minimum Gasteiger partial charge on any atom is -0.308 e. The molecular formula is C13H13BrN4S. The van der Waals surface area contributed by atoms with Crippen molar-refractivity contribution in [2.45, 2.75) is 17.9 Å². The van der Waals surface area contributed by atoms with Crippen molar-refractivity contribution in [3.63, 3.8) is 0 Å². The molecule has 3 rings (SSSR count). The molecule has 19 heavy (non-hydrogen) atoms. The Hall–Kier alpha value is -1.11. The summed E-state index contributed by atoms with van der Waals surface area (Å²) in [6.07, 6.45) is 0.714. The van der Waals surface area contributed by atoms with E-state index in [1.165, 1.54) is 5.56 Å². The Morgan fingerprint density at radius 2 is 2.21 bits per heavy atom. The SMILES string of the molecule is NNc1nc(Cc2cccc(Br)c2)nc2c1CSC2. The van der Waals surface area contributed by atoms with E-state index < -0.39 is 0 Å². The molecule has 0 saturated carbocycles. The number of rotatable bonds is 3. The summed E-state index contributed by atoms with van der Waals surface area (Å²) in [4.78, 5) is 9.16. The van der Waals surface area contributed by atoms with Crippen LogP contribution in [-0.2, 0) is 17.9 Å². The van der Waals surface area contributed by atoms with Crippen molar-refractivity contribution in [3.8, 4) is 0 Å². The molecule has 0 radical (unpaired) electrons. The van der Waals surface area contributed by atoms with Crippen LogP contribution < -0.4 is 11.3 Å². The van der Waals surface area contributed by atoms with Gasteiger partial charge in [-0.3, -0.25) is 0 Å². The number of benzene rings is 1. The Morgan fingerprint density at radius 1 is 1.32 bits per heavy atom. The molecule has 1 aromatic carbocycles. The van der Waals surface area contributed by atoms with Gasteiger partial charge in [-0.2, -0.15) is 11.8 Å². The van der Waals surface area contributed by atoms with Gasteiger partial charge in [-0.25, -0.2) is 15.8 Å². The summed E-state index contributed by atoms with van der Waals surface area (Å²) in [7, 11) is 0. The summed E-state index contributed by atoms with van der Waals surface area (Å²) < 4.78 is 1.07. The third kappa shape index (κ3) is 2.75. The van der Waals surface area contributed by atoms with E-state index in [9.17, 15) is 0 Å². The third-order valence-corrected chi connectivity index (χ3v) is 4.48.